The minimum atomic E-state index is -0.688. The van der Waals surface area contributed by atoms with Crippen molar-refractivity contribution in [1.82, 2.24) is 35.1 Å². The molecule has 0 radical (unpaired) electrons. The zero-order valence-corrected chi connectivity index (χ0v) is 32.8. The van der Waals surface area contributed by atoms with E-state index in [2.05, 4.69) is 37.0 Å². The molecule has 56 heavy (non-hydrogen) atoms. The first kappa shape index (κ1) is 38.6. The van der Waals surface area contributed by atoms with E-state index >= 15 is 0 Å². The van der Waals surface area contributed by atoms with E-state index in [9.17, 15) is 14.4 Å². The summed E-state index contributed by atoms with van der Waals surface area (Å²) in [5.74, 6) is 7.75. The Morgan fingerprint density at radius 2 is 1.70 bits per heavy atom. The van der Waals surface area contributed by atoms with E-state index in [0.29, 0.717) is 18.9 Å². The third-order valence-electron chi connectivity index (χ3n) is 11.2. The number of aromatic nitrogens is 4. The molecule has 3 N–H and O–H groups in total. The van der Waals surface area contributed by atoms with Crippen LogP contribution >= 0.6 is 0 Å². The molecular formula is C42H50N8O6. The van der Waals surface area contributed by atoms with Crippen LogP contribution in [0.25, 0.3) is 22.3 Å². The maximum atomic E-state index is 13.9. The van der Waals surface area contributed by atoms with Gasteiger partial charge in [0.1, 0.15) is 23.7 Å². The molecule has 4 heterocycles. The van der Waals surface area contributed by atoms with Crippen LogP contribution in [0.1, 0.15) is 94.7 Å². The van der Waals surface area contributed by atoms with Crippen LogP contribution in [0.2, 0.25) is 0 Å². The minimum absolute atomic E-state index is 0.0174. The molecule has 3 aliphatic rings. The lowest BCUT2D eigenvalue weighted by molar-refractivity contribution is -0.188. The van der Waals surface area contributed by atoms with Crippen molar-refractivity contribution in [2.24, 2.45) is 22.2 Å². The quantitative estimate of drug-likeness (QED) is 0.0544. The molecule has 4 atom stereocenters. The molecule has 294 valence electrons. The normalized spacial score (nSPS) is 19.8. The Kier molecular flexibility index (Phi) is 11.2. The summed E-state index contributed by atoms with van der Waals surface area (Å²) >= 11 is 0. The van der Waals surface area contributed by atoms with Crippen molar-refractivity contribution in [3.63, 3.8) is 0 Å². The Bertz CT molecular complexity index is 2160. The van der Waals surface area contributed by atoms with Crippen molar-refractivity contribution in [3.8, 4) is 23.1 Å². The highest BCUT2D eigenvalue weighted by Gasteiger charge is 2.55. The molecule has 3 amide bonds. The van der Waals surface area contributed by atoms with E-state index in [1.54, 1.807) is 4.90 Å². The summed E-state index contributed by atoms with van der Waals surface area (Å²) in [4.78, 5) is 73.6. The third-order valence-corrected chi connectivity index (χ3v) is 11.2. The van der Waals surface area contributed by atoms with Gasteiger partial charge in [-0.3, -0.25) is 9.59 Å². The van der Waals surface area contributed by atoms with Crippen LogP contribution in [-0.2, 0) is 24.1 Å². The van der Waals surface area contributed by atoms with Gasteiger partial charge in [-0.05, 0) is 79.7 Å². The number of rotatable bonds is 11. The summed E-state index contributed by atoms with van der Waals surface area (Å²) in [5.41, 5.74) is 5.23. The predicted molar refractivity (Wildman–Crippen MR) is 210 cm³/mol. The van der Waals surface area contributed by atoms with Gasteiger partial charge in [-0.15, -0.1) is 0 Å². The number of methoxy groups -OCH3 is 1. The van der Waals surface area contributed by atoms with Crippen LogP contribution < -0.4 is 5.32 Å². The fourth-order valence-corrected chi connectivity index (χ4v) is 7.87. The van der Waals surface area contributed by atoms with Gasteiger partial charge in [0.05, 0.1) is 43.0 Å². The second kappa shape index (κ2) is 16.2. The van der Waals surface area contributed by atoms with Gasteiger partial charge in [0.25, 0.3) is 0 Å². The topological polar surface area (TPSA) is 167 Å². The molecule has 2 aromatic heterocycles. The number of benzene rings is 2. The van der Waals surface area contributed by atoms with Gasteiger partial charge in [-0.2, -0.15) is 4.89 Å². The van der Waals surface area contributed by atoms with Crippen molar-refractivity contribution in [2.45, 2.75) is 84.0 Å². The molecule has 0 bridgehead atoms. The summed E-state index contributed by atoms with van der Waals surface area (Å²) in [6.07, 6.45) is 7.15. The van der Waals surface area contributed by atoms with Crippen LogP contribution in [0.15, 0.2) is 53.7 Å². The summed E-state index contributed by atoms with van der Waals surface area (Å²) < 4.78 is 4.75. The zero-order valence-electron chi connectivity index (χ0n) is 32.8. The number of nitrogens with zero attached hydrogens (tertiary/aromatic N) is 5. The molecular weight excluding hydrogens is 713 g/mol. The minimum Gasteiger partial charge on any atom is -0.453 e. The Morgan fingerprint density at radius 3 is 2.39 bits per heavy atom. The maximum absolute atomic E-state index is 13.9. The number of hydrogen-bond donors (Lipinski definition) is 3. The molecule has 2 saturated heterocycles. The summed E-state index contributed by atoms with van der Waals surface area (Å²) in [6, 6.07) is 12.2. The molecule has 1 spiro atoms. The second-order valence-corrected chi connectivity index (χ2v) is 15.8. The molecule has 1 saturated carbocycles. The number of carbonyl (C=O) groups is 3. The van der Waals surface area contributed by atoms with Gasteiger partial charge < -0.3 is 34.7 Å². The molecule has 14 heteroatoms. The highest BCUT2D eigenvalue weighted by Crippen LogP contribution is 2.58. The molecule has 3 fully saturated rings. The Morgan fingerprint density at radius 1 is 0.946 bits per heavy atom. The van der Waals surface area contributed by atoms with Crippen molar-refractivity contribution < 1.29 is 28.9 Å². The van der Waals surface area contributed by atoms with Gasteiger partial charge in [0.15, 0.2) is 0 Å². The van der Waals surface area contributed by atoms with Crippen LogP contribution in [0.3, 0.4) is 0 Å². The van der Waals surface area contributed by atoms with E-state index in [4.69, 9.17) is 19.6 Å². The molecule has 14 nitrogen and oxygen atoms in total. The van der Waals surface area contributed by atoms with Crippen molar-refractivity contribution in [2.75, 3.05) is 27.3 Å². The monoisotopic (exact) mass is 762 g/mol. The highest BCUT2D eigenvalue weighted by molar-refractivity contribution is 5.87. The highest BCUT2D eigenvalue weighted by atomic mass is 17.2. The van der Waals surface area contributed by atoms with Crippen LogP contribution in [0.5, 0.6) is 0 Å². The summed E-state index contributed by atoms with van der Waals surface area (Å²) in [7, 11) is 2.69. The van der Waals surface area contributed by atoms with Crippen LogP contribution in [0, 0.1) is 29.1 Å². The van der Waals surface area contributed by atoms with Crippen molar-refractivity contribution in [1.29, 1.82) is 0 Å². The smallest absolute Gasteiger partial charge is 0.407 e. The number of fused-ring (bicyclic) bond motifs is 1. The average molecular weight is 763 g/mol. The van der Waals surface area contributed by atoms with E-state index in [1.165, 1.54) is 20.6 Å². The average Bonchev–Trinajstić information content (AvgIpc) is 3.68. The SMILES string of the molecule is COO/C=N\[C@H](C(=O)N1CC2(CC2)C[C@H]1c1nc2cc(C#Cc3ccc(-c4c[nH]c([C@@H]5CCCN5C(=O)[C@@H](NC(=O)OC)C(C)C)n4)cc3)ccc2[nH]1)C(C)C. The number of carbonyl (C=O) groups excluding carboxylic acids is 3. The van der Waals surface area contributed by atoms with Gasteiger partial charge in [-0.1, -0.05) is 51.7 Å². The van der Waals surface area contributed by atoms with E-state index in [-0.39, 0.29) is 41.1 Å². The molecule has 2 aliphatic heterocycles. The van der Waals surface area contributed by atoms with E-state index in [1.807, 2.05) is 81.3 Å². The number of alkyl carbamates (subject to hydrolysis) is 1. The predicted octanol–water partition coefficient (Wildman–Crippen LogP) is 6.08. The fraction of sp³-hybridized carbons (Fsp3) is 0.476. The summed E-state index contributed by atoms with van der Waals surface area (Å²) in [6.45, 7) is 9.05. The second-order valence-electron chi connectivity index (χ2n) is 15.8. The van der Waals surface area contributed by atoms with Gasteiger partial charge >= 0.3 is 6.09 Å². The molecule has 0 unspecified atom stereocenters. The zero-order chi connectivity index (χ0) is 39.6. The first-order chi connectivity index (χ1) is 27.0. The fourth-order valence-electron chi connectivity index (χ4n) is 7.87. The Labute approximate surface area is 326 Å². The number of nitrogens with one attached hydrogen (secondary N) is 3. The number of aliphatic imine (C=N–C) groups is 1. The van der Waals surface area contributed by atoms with E-state index in [0.717, 1.165) is 71.3 Å². The molecule has 2 aromatic carbocycles. The standard InChI is InChI=1S/C42H50N8O6/c1-25(2)35(44-24-56-55-6)39(51)50-23-42(17-18-42)21-34(50)38-45-30-16-13-28(20-31(30)46-38)10-9-27-11-14-29(15-12-27)32-22-43-37(47-32)33-8-7-19-49(33)40(52)36(26(3)4)48-41(53)54-5/h11-16,20,22,24-26,33-36H,7-8,17-19,21,23H2,1-6H3,(H,43,47)(H,45,46)(H,48,53)/b44-24-/t33-,34-,35-,36-/m0/s1. The number of hydrogen-bond acceptors (Lipinski definition) is 9. The van der Waals surface area contributed by atoms with Gasteiger partial charge in [0.2, 0.25) is 18.2 Å². The Balaban J connectivity index is 1.03. The van der Waals surface area contributed by atoms with Crippen molar-refractivity contribution >= 4 is 35.3 Å². The Hall–Kier alpha value is -5.68. The van der Waals surface area contributed by atoms with Crippen LogP contribution in [-0.4, -0.2) is 93.4 Å². The molecule has 4 aromatic rings. The molecule has 7 rings (SSSR count). The number of amides is 3. The third kappa shape index (κ3) is 8.14. The number of ether oxygens (including phenoxy) is 1. The lowest BCUT2D eigenvalue weighted by atomic mass is 10.0. The summed E-state index contributed by atoms with van der Waals surface area (Å²) in [5, 5.41) is 2.69. The number of aromatic amines is 2. The first-order valence-corrected chi connectivity index (χ1v) is 19.3. The number of likely N-dealkylation sites (tertiary alicyclic amines) is 2. The lowest BCUT2D eigenvalue weighted by Crippen LogP contribution is -2.51. The number of H-pyrrole nitrogens is 2. The molecule has 1 aliphatic carbocycles. The van der Waals surface area contributed by atoms with Gasteiger partial charge in [0, 0.05) is 36.0 Å². The lowest BCUT2D eigenvalue weighted by Gasteiger charge is -2.29. The van der Waals surface area contributed by atoms with Crippen molar-refractivity contribution in [3.05, 3.63) is 71.4 Å². The largest absolute Gasteiger partial charge is 0.453 e. The van der Waals surface area contributed by atoms with Crippen LogP contribution in [0.4, 0.5) is 4.79 Å². The van der Waals surface area contributed by atoms with Gasteiger partial charge in [-0.25, -0.2) is 19.8 Å². The first-order valence-electron chi connectivity index (χ1n) is 19.3. The maximum Gasteiger partial charge on any atom is 0.407 e. The van der Waals surface area contributed by atoms with E-state index < -0.39 is 18.2 Å². The number of imidazole rings is 2.